The second-order valence-corrected chi connectivity index (χ2v) is 8.37. The summed E-state index contributed by atoms with van der Waals surface area (Å²) in [6, 6.07) is 0. The summed E-state index contributed by atoms with van der Waals surface area (Å²) in [5, 5.41) is 9.89. The molecule has 138 valence electrons. The quantitative estimate of drug-likeness (QED) is 0.804. The number of carbonyl (C=O) groups excluding carboxylic acids is 1. The lowest BCUT2D eigenvalue weighted by Gasteiger charge is -2.44. The minimum Gasteiger partial charge on any atom is -0.379 e. The molecule has 1 amide bonds. The number of aliphatic imine (C=N–C) groups is 1. The van der Waals surface area contributed by atoms with Gasteiger partial charge in [0, 0.05) is 24.1 Å². The maximum atomic E-state index is 12.2. The Morgan fingerprint density at radius 2 is 2.38 bits per heavy atom. The zero-order valence-electron chi connectivity index (χ0n) is 14.4. The molecule has 9 nitrogen and oxygen atoms in total. The molecule has 2 aliphatic rings. The average molecular weight is 393 g/mol. The minimum absolute atomic E-state index is 0.101. The highest BCUT2D eigenvalue weighted by Gasteiger charge is 2.49. The number of rotatable bonds is 3. The summed E-state index contributed by atoms with van der Waals surface area (Å²) in [6.45, 7) is 2.52. The van der Waals surface area contributed by atoms with Crippen molar-refractivity contribution in [3.8, 4) is 0 Å². The second-order valence-electron chi connectivity index (χ2n) is 6.47. The maximum absolute atomic E-state index is 12.2. The Morgan fingerprint density at radius 1 is 1.54 bits per heavy atom. The Kier molecular flexibility index (Phi) is 4.45. The number of fused-ring (bicyclic) bond motifs is 1. The molecule has 2 aliphatic heterocycles. The number of ether oxygens (including phenoxy) is 1. The lowest BCUT2D eigenvalue weighted by atomic mass is 9.80. The van der Waals surface area contributed by atoms with E-state index in [0.717, 1.165) is 17.2 Å². The first-order valence-corrected chi connectivity index (χ1v) is 10.1. The van der Waals surface area contributed by atoms with E-state index in [-0.39, 0.29) is 11.9 Å². The number of aryl methyl sites for hydroxylation is 1. The number of aromatic nitrogens is 4. The van der Waals surface area contributed by atoms with Gasteiger partial charge in [-0.2, -0.15) is 0 Å². The molecule has 0 aliphatic carbocycles. The smallest absolute Gasteiger partial charge is 0.296 e. The van der Waals surface area contributed by atoms with Crippen LogP contribution in [0.4, 0.5) is 5.82 Å². The molecule has 4 rings (SSSR count). The highest BCUT2D eigenvalue weighted by Crippen LogP contribution is 2.46. The van der Waals surface area contributed by atoms with Crippen LogP contribution in [0.5, 0.6) is 0 Å². The predicted octanol–water partition coefficient (Wildman–Crippen LogP) is 1.21. The Morgan fingerprint density at radius 3 is 3.15 bits per heavy atom. The van der Waals surface area contributed by atoms with Crippen LogP contribution in [0, 0.1) is 5.92 Å². The molecule has 1 saturated heterocycles. The standard InChI is InChI=1S/C15H19N7O2S2/c1-8-3-9-4-26-14(16)20-15(9,6-24-8)13-19-10(5-25-13)18-12(23)11-17-7-22(2)21-11/h5,7-9H,3-4,6H2,1-2H3,(H2,16,20)(H,18,23)/t8-,9-,15-/m0/s1. The maximum Gasteiger partial charge on any atom is 0.296 e. The fraction of sp³-hybridized carbons (Fsp3) is 0.533. The lowest BCUT2D eigenvalue weighted by Crippen LogP contribution is -2.49. The van der Waals surface area contributed by atoms with Gasteiger partial charge in [0.1, 0.15) is 22.7 Å². The Bertz CT molecular complexity index is 864. The topological polar surface area (TPSA) is 120 Å². The summed E-state index contributed by atoms with van der Waals surface area (Å²) in [5.41, 5.74) is 5.44. The molecule has 4 heterocycles. The van der Waals surface area contributed by atoms with Crippen molar-refractivity contribution in [2.75, 3.05) is 17.7 Å². The number of amidine groups is 1. The van der Waals surface area contributed by atoms with Crippen molar-refractivity contribution >= 4 is 40.0 Å². The van der Waals surface area contributed by atoms with Gasteiger partial charge in [-0.05, 0) is 13.3 Å². The van der Waals surface area contributed by atoms with E-state index in [9.17, 15) is 4.79 Å². The summed E-state index contributed by atoms with van der Waals surface area (Å²) in [6.07, 6.45) is 2.57. The van der Waals surface area contributed by atoms with Crippen LogP contribution in [0.1, 0.15) is 29.0 Å². The van der Waals surface area contributed by atoms with Crippen LogP contribution in [-0.2, 0) is 17.3 Å². The molecule has 0 aromatic carbocycles. The molecule has 0 unspecified atom stereocenters. The first-order chi connectivity index (χ1) is 12.5. The Hall–Kier alpha value is -1.98. The van der Waals surface area contributed by atoms with Crippen LogP contribution in [0.2, 0.25) is 0 Å². The van der Waals surface area contributed by atoms with Gasteiger partial charge in [-0.25, -0.2) is 15.0 Å². The molecule has 11 heteroatoms. The molecule has 0 saturated carbocycles. The highest BCUT2D eigenvalue weighted by atomic mass is 32.2. The first kappa shape index (κ1) is 17.4. The number of anilines is 1. The van der Waals surface area contributed by atoms with Crippen molar-refractivity contribution in [3.63, 3.8) is 0 Å². The van der Waals surface area contributed by atoms with E-state index in [2.05, 4.69) is 27.3 Å². The summed E-state index contributed by atoms with van der Waals surface area (Å²) in [7, 11) is 1.71. The number of hydrogen-bond acceptors (Lipinski definition) is 9. The van der Waals surface area contributed by atoms with Gasteiger partial charge in [-0.1, -0.05) is 11.8 Å². The Labute approximate surface area is 158 Å². The number of nitrogens with one attached hydrogen (secondary N) is 1. The van der Waals surface area contributed by atoms with E-state index in [1.165, 1.54) is 22.3 Å². The molecule has 0 bridgehead atoms. The van der Waals surface area contributed by atoms with Crippen LogP contribution < -0.4 is 11.1 Å². The van der Waals surface area contributed by atoms with E-state index in [1.807, 2.05) is 0 Å². The first-order valence-electron chi connectivity index (χ1n) is 8.19. The van der Waals surface area contributed by atoms with E-state index in [0.29, 0.717) is 23.5 Å². The van der Waals surface area contributed by atoms with Gasteiger partial charge in [-0.15, -0.1) is 16.4 Å². The summed E-state index contributed by atoms with van der Waals surface area (Å²) < 4.78 is 7.38. The largest absolute Gasteiger partial charge is 0.379 e. The molecule has 2 aromatic heterocycles. The third-order valence-electron chi connectivity index (χ3n) is 4.54. The zero-order valence-corrected chi connectivity index (χ0v) is 16.0. The number of thioether (sulfide) groups is 1. The molecule has 3 N–H and O–H groups in total. The van der Waals surface area contributed by atoms with Crippen molar-refractivity contribution < 1.29 is 9.53 Å². The summed E-state index contributed by atoms with van der Waals surface area (Å²) >= 11 is 3.03. The van der Waals surface area contributed by atoms with Gasteiger partial charge in [0.15, 0.2) is 5.17 Å². The number of nitrogens with zero attached hydrogens (tertiary/aromatic N) is 5. The van der Waals surface area contributed by atoms with Gasteiger partial charge >= 0.3 is 0 Å². The molecule has 26 heavy (non-hydrogen) atoms. The van der Waals surface area contributed by atoms with Crippen molar-refractivity contribution in [1.29, 1.82) is 0 Å². The van der Waals surface area contributed by atoms with E-state index in [4.69, 9.17) is 15.5 Å². The van der Waals surface area contributed by atoms with Gasteiger partial charge in [0.05, 0.1) is 12.7 Å². The van der Waals surface area contributed by atoms with E-state index < -0.39 is 11.4 Å². The molecule has 3 atom stereocenters. The van der Waals surface area contributed by atoms with Gasteiger partial charge in [0.2, 0.25) is 5.82 Å². The summed E-state index contributed by atoms with van der Waals surface area (Å²) in [4.78, 5) is 25.5. The van der Waals surface area contributed by atoms with E-state index >= 15 is 0 Å². The number of carbonyl (C=O) groups is 1. The molecule has 0 spiro atoms. The van der Waals surface area contributed by atoms with Crippen LogP contribution in [0.25, 0.3) is 0 Å². The molecule has 2 aromatic rings. The third kappa shape index (κ3) is 3.10. The summed E-state index contributed by atoms with van der Waals surface area (Å²) in [5.74, 6) is 1.36. The SMILES string of the molecule is C[C@H]1C[C@H]2CSC(N)=N[C@@]2(c2nc(NC(=O)c3ncn(C)n3)cs2)CO1. The Balaban J connectivity index is 1.59. The van der Waals surface area contributed by atoms with Crippen LogP contribution >= 0.6 is 23.1 Å². The monoisotopic (exact) mass is 393 g/mol. The van der Waals surface area contributed by atoms with Crippen LogP contribution in [0.3, 0.4) is 0 Å². The number of nitrogens with two attached hydrogens (primary N) is 1. The average Bonchev–Trinajstić information content (AvgIpc) is 3.24. The van der Waals surface area contributed by atoms with Crippen molar-refractivity contribution in [2.24, 2.45) is 23.7 Å². The lowest BCUT2D eigenvalue weighted by molar-refractivity contribution is -0.0466. The highest BCUT2D eigenvalue weighted by molar-refractivity contribution is 8.13. The molecular weight excluding hydrogens is 374 g/mol. The van der Waals surface area contributed by atoms with Crippen molar-refractivity contribution in [2.45, 2.75) is 25.0 Å². The normalized spacial score (nSPS) is 28.3. The van der Waals surface area contributed by atoms with Gasteiger partial charge in [-0.3, -0.25) is 9.48 Å². The van der Waals surface area contributed by atoms with Gasteiger partial charge in [0.25, 0.3) is 5.91 Å². The molecule has 1 fully saturated rings. The molecular formula is C15H19N7O2S2. The third-order valence-corrected chi connectivity index (χ3v) is 6.51. The second kappa shape index (κ2) is 6.63. The molecule has 0 radical (unpaired) electrons. The van der Waals surface area contributed by atoms with Gasteiger partial charge < -0.3 is 15.8 Å². The number of hydrogen-bond donors (Lipinski definition) is 2. The van der Waals surface area contributed by atoms with E-state index in [1.54, 1.807) is 24.2 Å². The predicted molar refractivity (Wildman–Crippen MR) is 100 cm³/mol. The fourth-order valence-corrected chi connectivity index (χ4v) is 5.20. The fourth-order valence-electron chi connectivity index (χ4n) is 3.22. The van der Waals surface area contributed by atoms with Crippen molar-refractivity contribution in [1.82, 2.24) is 19.7 Å². The number of amides is 1. The van der Waals surface area contributed by atoms with Crippen molar-refractivity contribution in [3.05, 3.63) is 22.5 Å². The van der Waals surface area contributed by atoms with Crippen LogP contribution in [0.15, 0.2) is 16.7 Å². The number of thiazole rings is 1. The minimum atomic E-state index is -0.571. The van der Waals surface area contributed by atoms with Crippen LogP contribution in [-0.4, -0.2) is 49.3 Å². The zero-order chi connectivity index (χ0) is 18.3.